The highest BCUT2D eigenvalue weighted by Crippen LogP contribution is 2.09. The number of ether oxygens (including phenoxy) is 1. The van der Waals surface area contributed by atoms with Gasteiger partial charge in [0.15, 0.2) is 0 Å². The minimum absolute atomic E-state index is 0.217. The smallest absolute Gasteiger partial charge is 0.406 e. The lowest BCUT2D eigenvalue weighted by Crippen LogP contribution is -2.66. The summed E-state index contributed by atoms with van der Waals surface area (Å²) < 4.78 is 5.10. The molecule has 4 nitrogen and oxygen atoms in total. The van der Waals surface area contributed by atoms with Gasteiger partial charge in [0.05, 0.1) is 0 Å². The monoisotopic (exact) mass is 243 g/mol. The molecule has 0 bridgehead atoms. The second-order valence-electron chi connectivity index (χ2n) is 5.37. The minimum Gasteiger partial charge on any atom is -0.445 e. The van der Waals surface area contributed by atoms with E-state index >= 15 is 0 Å². The van der Waals surface area contributed by atoms with Crippen molar-refractivity contribution in [2.45, 2.75) is 17.3 Å². The second-order valence-corrected chi connectivity index (χ2v) is 5.37. The topological polar surface area (TPSA) is 58.6 Å². The summed E-state index contributed by atoms with van der Waals surface area (Å²) in [7, 11) is 6.78. The first kappa shape index (κ1) is 14.8. The molecule has 0 aliphatic heterocycles. The van der Waals surface area contributed by atoms with Crippen LogP contribution in [0.15, 0.2) is 30.3 Å². The van der Waals surface area contributed by atoms with E-state index in [1.807, 2.05) is 30.3 Å². The summed E-state index contributed by atoms with van der Waals surface area (Å²) in [6.07, 6.45) is -0.536. The van der Waals surface area contributed by atoms with Crippen LogP contribution in [0.25, 0.3) is 0 Å². The zero-order valence-corrected chi connectivity index (χ0v) is 11.4. The van der Waals surface area contributed by atoms with Gasteiger partial charge in [-0.3, -0.25) is 0 Å². The molecule has 2 N–H and O–H groups in total. The second kappa shape index (κ2) is 5.57. The van der Waals surface area contributed by atoms with Crippen molar-refractivity contribution < 1.29 is 14.6 Å². The maximum atomic E-state index is 11.6. The highest BCUT2D eigenvalue weighted by molar-refractivity contribution is 6.54. The third-order valence-electron chi connectivity index (χ3n) is 3.16. The fourth-order valence-corrected chi connectivity index (χ4v) is 1.17. The SMILES string of the molecule is BC(B)(O)C(B)(B)NC(=O)OCc1ccccc1. The van der Waals surface area contributed by atoms with Gasteiger partial charge in [-0.25, -0.2) is 4.79 Å². The zero-order chi connectivity index (χ0) is 13.8. The predicted molar refractivity (Wildman–Crippen MR) is 81.6 cm³/mol. The molecule has 0 aliphatic rings. The molecular formula is C10H17B4NO3. The summed E-state index contributed by atoms with van der Waals surface area (Å²) in [5, 5.41) is 10.8. The van der Waals surface area contributed by atoms with Crippen LogP contribution >= 0.6 is 0 Å². The summed E-state index contributed by atoms with van der Waals surface area (Å²) in [6.45, 7) is 0.217. The molecule has 0 radical (unpaired) electrons. The van der Waals surface area contributed by atoms with E-state index in [1.54, 1.807) is 31.4 Å². The Balaban J connectivity index is 2.48. The number of carbonyl (C=O) groups is 1. The lowest BCUT2D eigenvalue weighted by atomic mass is 9.40. The average Bonchev–Trinajstić information content (AvgIpc) is 2.26. The molecular weight excluding hydrogens is 225 g/mol. The van der Waals surface area contributed by atoms with Gasteiger partial charge in [0.2, 0.25) is 0 Å². The van der Waals surface area contributed by atoms with E-state index in [0.29, 0.717) is 0 Å². The summed E-state index contributed by atoms with van der Waals surface area (Å²) in [6, 6.07) is 9.44. The molecule has 8 heteroatoms. The third-order valence-corrected chi connectivity index (χ3v) is 3.16. The molecule has 92 valence electrons. The Morgan fingerprint density at radius 2 is 1.78 bits per heavy atom. The van der Waals surface area contributed by atoms with Crippen molar-refractivity contribution in [3.8, 4) is 0 Å². The molecule has 0 heterocycles. The average molecular weight is 242 g/mol. The highest BCUT2D eigenvalue weighted by Gasteiger charge is 2.35. The Morgan fingerprint density at radius 3 is 2.28 bits per heavy atom. The van der Waals surface area contributed by atoms with E-state index < -0.39 is 16.8 Å². The minimum atomic E-state index is -1.03. The van der Waals surface area contributed by atoms with Crippen molar-refractivity contribution in [3.05, 3.63) is 35.9 Å². The number of benzene rings is 1. The number of amides is 1. The Kier molecular flexibility index (Phi) is 4.57. The van der Waals surface area contributed by atoms with Gasteiger partial charge >= 0.3 is 6.09 Å². The van der Waals surface area contributed by atoms with E-state index in [9.17, 15) is 9.90 Å². The maximum absolute atomic E-state index is 11.6. The third kappa shape index (κ3) is 4.18. The van der Waals surface area contributed by atoms with Crippen molar-refractivity contribution in [1.82, 2.24) is 5.32 Å². The molecule has 0 atom stereocenters. The fraction of sp³-hybridized carbons (Fsp3) is 0.300. The van der Waals surface area contributed by atoms with Crippen LogP contribution in [-0.4, -0.2) is 53.3 Å². The van der Waals surface area contributed by atoms with E-state index in [-0.39, 0.29) is 6.61 Å². The van der Waals surface area contributed by atoms with Gasteiger partial charge in [-0.15, -0.1) is 0 Å². The fourth-order valence-electron chi connectivity index (χ4n) is 1.17. The number of hydrogen-bond donors (Lipinski definition) is 2. The molecule has 0 fully saturated rings. The Hall–Kier alpha value is -1.29. The molecule has 1 amide bonds. The lowest BCUT2D eigenvalue weighted by molar-refractivity contribution is 0.121. The quantitative estimate of drug-likeness (QED) is 0.545. The van der Waals surface area contributed by atoms with Crippen LogP contribution in [0.4, 0.5) is 4.79 Å². The molecule has 0 spiro atoms. The van der Waals surface area contributed by atoms with Crippen molar-refractivity contribution in [1.29, 1.82) is 0 Å². The number of alkyl carbamates (subject to hydrolysis) is 1. The maximum Gasteiger partial charge on any atom is 0.406 e. The Labute approximate surface area is 111 Å². The van der Waals surface area contributed by atoms with Crippen molar-refractivity contribution in [2.75, 3.05) is 0 Å². The van der Waals surface area contributed by atoms with Gasteiger partial charge in [0.1, 0.15) is 38.0 Å². The molecule has 18 heavy (non-hydrogen) atoms. The van der Waals surface area contributed by atoms with Crippen molar-refractivity contribution >= 4 is 37.5 Å². The molecule has 1 aromatic rings. The van der Waals surface area contributed by atoms with Crippen LogP contribution < -0.4 is 5.32 Å². The van der Waals surface area contributed by atoms with E-state index in [1.165, 1.54) is 0 Å². The molecule has 0 aromatic heterocycles. The Bertz CT molecular complexity index is 405. The first-order chi connectivity index (χ1) is 8.22. The van der Waals surface area contributed by atoms with Crippen LogP contribution in [0.2, 0.25) is 0 Å². The zero-order valence-electron chi connectivity index (χ0n) is 11.4. The summed E-state index contributed by atoms with van der Waals surface area (Å²) >= 11 is 0. The number of hydrogen-bond acceptors (Lipinski definition) is 3. The van der Waals surface area contributed by atoms with Gasteiger partial charge < -0.3 is 15.2 Å². The summed E-state index contributed by atoms with van der Waals surface area (Å²) in [5.41, 5.74) is 0.925. The molecule has 0 unspecified atom stereocenters. The summed E-state index contributed by atoms with van der Waals surface area (Å²) in [5.74, 6) is 0. The van der Waals surface area contributed by atoms with Gasteiger partial charge in [-0.05, 0) is 10.9 Å². The van der Waals surface area contributed by atoms with Crippen molar-refractivity contribution in [2.24, 2.45) is 0 Å². The van der Waals surface area contributed by atoms with Gasteiger partial charge in [-0.2, -0.15) is 0 Å². The van der Waals surface area contributed by atoms with Gasteiger partial charge in [0, 0.05) is 5.40 Å². The van der Waals surface area contributed by atoms with Crippen LogP contribution in [0.5, 0.6) is 0 Å². The Morgan fingerprint density at radius 1 is 1.22 bits per heavy atom. The largest absolute Gasteiger partial charge is 0.445 e. The lowest BCUT2D eigenvalue weighted by Gasteiger charge is -2.38. The molecule has 0 saturated carbocycles. The standard InChI is InChI=1S/C10H17B4NO3/c11-9(12,10(13,14)17)15-8(16)18-6-7-4-2-1-3-5-7/h1-5,17H,6,11-14H2,(H,15,16). The highest BCUT2D eigenvalue weighted by atomic mass is 16.5. The van der Waals surface area contributed by atoms with Crippen LogP contribution in [-0.2, 0) is 11.3 Å². The summed E-state index contributed by atoms with van der Waals surface area (Å²) in [4.78, 5) is 11.6. The number of carbonyl (C=O) groups excluding carboxylic acids is 1. The molecule has 1 rings (SSSR count). The van der Waals surface area contributed by atoms with Crippen LogP contribution in [0, 0.1) is 0 Å². The van der Waals surface area contributed by atoms with Gasteiger partial charge in [-0.1, -0.05) is 30.3 Å². The van der Waals surface area contributed by atoms with E-state index in [0.717, 1.165) is 5.56 Å². The van der Waals surface area contributed by atoms with Gasteiger partial charge in [0.25, 0.3) is 0 Å². The first-order valence-electron chi connectivity index (χ1n) is 5.93. The number of nitrogens with one attached hydrogen (secondary N) is 1. The van der Waals surface area contributed by atoms with Crippen molar-refractivity contribution in [3.63, 3.8) is 0 Å². The molecule has 0 saturated heterocycles. The van der Waals surface area contributed by atoms with Crippen LogP contribution in [0.3, 0.4) is 0 Å². The number of aliphatic hydroxyl groups is 1. The van der Waals surface area contributed by atoms with E-state index in [4.69, 9.17) is 4.74 Å². The first-order valence-corrected chi connectivity index (χ1v) is 5.93. The number of rotatable bonds is 4. The molecule has 0 aliphatic carbocycles. The van der Waals surface area contributed by atoms with E-state index in [2.05, 4.69) is 5.32 Å². The van der Waals surface area contributed by atoms with Crippen LogP contribution in [0.1, 0.15) is 5.56 Å². The predicted octanol–water partition coefficient (Wildman–Crippen LogP) is -3.25. The normalized spacial score (nSPS) is 11.8. The molecule has 1 aromatic carbocycles.